The van der Waals surface area contributed by atoms with E-state index in [2.05, 4.69) is 12.1 Å². The number of piperazine rings is 1. The van der Waals surface area contributed by atoms with Gasteiger partial charge in [0.05, 0.1) is 5.92 Å². The predicted octanol–water partition coefficient (Wildman–Crippen LogP) is 2.06. The van der Waals surface area contributed by atoms with Gasteiger partial charge in [-0.15, -0.1) is 0 Å². The molecule has 0 radical (unpaired) electrons. The molecule has 3 amide bonds. The maximum atomic E-state index is 13.0. The minimum atomic E-state index is -0.273. The van der Waals surface area contributed by atoms with Crippen LogP contribution in [0.1, 0.15) is 22.3 Å². The zero-order valence-corrected chi connectivity index (χ0v) is 17.1. The number of hydrogen-bond donors (Lipinski definition) is 0. The van der Waals surface area contributed by atoms with Gasteiger partial charge in [0, 0.05) is 51.3 Å². The molecular formula is C24H27N3O3. The summed E-state index contributed by atoms with van der Waals surface area (Å²) in [5, 5.41) is 0. The fourth-order valence-electron chi connectivity index (χ4n) is 4.21. The Hall–Kier alpha value is -3.15. The molecular weight excluding hydrogens is 378 g/mol. The lowest BCUT2D eigenvalue weighted by atomic mass is 10.1. The first kappa shape index (κ1) is 20.1. The van der Waals surface area contributed by atoms with Crippen LogP contribution >= 0.6 is 0 Å². The van der Waals surface area contributed by atoms with Crippen molar-refractivity contribution in [3.05, 3.63) is 71.8 Å². The second-order valence-corrected chi connectivity index (χ2v) is 7.96. The van der Waals surface area contributed by atoms with Crippen LogP contribution in [0.25, 0.3) is 0 Å². The van der Waals surface area contributed by atoms with Gasteiger partial charge in [0.1, 0.15) is 0 Å². The van der Waals surface area contributed by atoms with E-state index in [0.29, 0.717) is 44.8 Å². The molecule has 2 saturated heterocycles. The number of nitrogens with zero attached hydrogens (tertiary/aromatic N) is 3. The SMILES string of the molecule is O=C1C[C@H](C(=O)N2CCN(C(=O)c3ccccc3)CC2)CN1CCc1ccccc1. The lowest BCUT2D eigenvalue weighted by molar-refractivity contribution is -0.137. The van der Waals surface area contributed by atoms with Gasteiger partial charge in [-0.2, -0.15) is 0 Å². The average molecular weight is 405 g/mol. The molecule has 2 heterocycles. The number of amides is 3. The molecule has 0 N–H and O–H groups in total. The van der Waals surface area contributed by atoms with Crippen LogP contribution < -0.4 is 0 Å². The molecule has 0 bridgehead atoms. The highest BCUT2D eigenvalue weighted by molar-refractivity contribution is 5.94. The summed E-state index contributed by atoms with van der Waals surface area (Å²) >= 11 is 0. The van der Waals surface area contributed by atoms with Crippen molar-refractivity contribution in [3.63, 3.8) is 0 Å². The Labute approximate surface area is 177 Å². The quantitative estimate of drug-likeness (QED) is 0.765. The molecule has 4 rings (SSSR count). The van der Waals surface area contributed by atoms with E-state index in [0.717, 1.165) is 6.42 Å². The highest BCUT2D eigenvalue weighted by Crippen LogP contribution is 2.22. The van der Waals surface area contributed by atoms with Crippen molar-refractivity contribution in [1.82, 2.24) is 14.7 Å². The molecule has 2 fully saturated rings. The summed E-state index contributed by atoms with van der Waals surface area (Å²) in [6.45, 7) is 3.23. The lowest BCUT2D eigenvalue weighted by Crippen LogP contribution is -2.52. The summed E-state index contributed by atoms with van der Waals surface area (Å²) in [4.78, 5) is 43.3. The number of rotatable bonds is 5. The van der Waals surface area contributed by atoms with Gasteiger partial charge in [-0.05, 0) is 24.1 Å². The van der Waals surface area contributed by atoms with E-state index in [1.165, 1.54) is 5.56 Å². The lowest BCUT2D eigenvalue weighted by Gasteiger charge is -2.36. The van der Waals surface area contributed by atoms with E-state index in [1.807, 2.05) is 58.3 Å². The Morgan fingerprint density at radius 2 is 1.43 bits per heavy atom. The molecule has 2 aliphatic heterocycles. The summed E-state index contributed by atoms with van der Waals surface area (Å²) in [5.74, 6) is -0.171. The summed E-state index contributed by atoms with van der Waals surface area (Å²) < 4.78 is 0. The average Bonchev–Trinajstić information content (AvgIpc) is 3.18. The minimum absolute atomic E-state index is 0.00540. The van der Waals surface area contributed by atoms with Gasteiger partial charge in [-0.25, -0.2) is 0 Å². The smallest absolute Gasteiger partial charge is 0.253 e. The summed E-state index contributed by atoms with van der Waals surface area (Å²) in [6.07, 6.45) is 1.09. The molecule has 0 aromatic heterocycles. The molecule has 2 aromatic carbocycles. The van der Waals surface area contributed by atoms with Crippen molar-refractivity contribution in [2.45, 2.75) is 12.8 Å². The number of benzene rings is 2. The van der Waals surface area contributed by atoms with Crippen LogP contribution in [0.4, 0.5) is 0 Å². The molecule has 0 saturated carbocycles. The zero-order valence-electron chi connectivity index (χ0n) is 17.1. The minimum Gasteiger partial charge on any atom is -0.342 e. The normalized spacial score (nSPS) is 19.3. The van der Waals surface area contributed by atoms with Gasteiger partial charge >= 0.3 is 0 Å². The third-order valence-corrected chi connectivity index (χ3v) is 5.98. The highest BCUT2D eigenvalue weighted by Gasteiger charge is 2.37. The first-order valence-electron chi connectivity index (χ1n) is 10.6. The van der Waals surface area contributed by atoms with Crippen molar-refractivity contribution < 1.29 is 14.4 Å². The topological polar surface area (TPSA) is 60.9 Å². The van der Waals surface area contributed by atoms with Crippen LogP contribution in [0, 0.1) is 5.92 Å². The van der Waals surface area contributed by atoms with Crippen molar-refractivity contribution in [3.8, 4) is 0 Å². The summed E-state index contributed by atoms with van der Waals surface area (Å²) in [7, 11) is 0. The second kappa shape index (κ2) is 9.11. The van der Waals surface area contributed by atoms with Gasteiger partial charge in [0.25, 0.3) is 5.91 Å². The standard InChI is InChI=1S/C24H27N3O3/c28-22-17-21(18-27(22)12-11-19-7-3-1-4-8-19)24(30)26-15-13-25(14-16-26)23(29)20-9-5-2-6-10-20/h1-10,21H,11-18H2/t21-/m0/s1. The van der Waals surface area contributed by atoms with E-state index in [4.69, 9.17) is 0 Å². The van der Waals surface area contributed by atoms with Gasteiger partial charge in [-0.3, -0.25) is 14.4 Å². The third kappa shape index (κ3) is 4.53. The molecule has 2 aromatic rings. The number of hydrogen-bond acceptors (Lipinski definition) is 3. The van der Waals surface area contributed by atoms with Crippen LogP contribution in [0.3, 0.4) is 0 Å². The molecule has 1 atom stereocenters. The first-order valence-corrected chi connectivity index (χ1v) is 10.6. The summed E-state index contributed by atoms with van der Waals surface area (Å²) in [5.41, 5.74) is 1.87. The van der Waals surface area contributed by atoms with Crippen molar-refractivity contribution in [1.29, 1.82) is 0 Å². The van der Waals surface area contributed by atoms with E-state index >= 15 is 0 Å². The summed E-state index contributed by atoms with van der Waals surface area (Å²) in [6, 6.07) is 19.3. The Kier molecular flexibility index (Phi) is 6.12. The number of likely N-dealkylation sites (tertiary alicyclic amines) is 1. The Morgan fingerprint density at radius 3 is 2.10 bits per heavy atom. The van der Waals surface area contributed by atoms with Crippen LogP contribution in [-0.2, 0) is 16.0 Å². The van der Waals surface area contributed by atoms with Crippen molar-refractivity contribution in [2.75, 3.05) is 39.3 Å². The van der Waals surface area contributed by atoms with Gasteiger partial charge in [-0.1, -0.05) is 48.5 Å². The van der Waals surface area contributed by atoms with Crippen molar-refractivity contribution >= 4 is 17.7 Å². The Morgan fingerprint density at radius 1 is 0.833 bits per heavy atom. The Bertz CT molecular complexity index is 892. The van der Waals surface area contributed by atoms with Gasteiger partial charge < -0.3 is 14.7 Å². The third-order valence-electron chi connectivity index (χ3n) is 5.98. The molecule has 6 heteroatoms. The van der Waals surface area contributed by atoms with E-state index in [1.54, 1.807) is 4.90 Å². The number of carbonyl (C=O) groups excluding carboxylic acids is 3. The van der Waals surface area contributed by atoms with E-state index < -0.39 is 0 Å². The van der Waals surface area contributed by atoms with Crippen LogP contribution in [-0.4, -0.2) is 71.7 Å². The zero-order chi connectivity index (χ0) is 20.9. The Balaban J connectivity index is 1.27. The predicted molar refractivity (Wildman–Crippen MR) is 114 cm³/mol. The molecule has 0 unspecified atom stereocenters. The molecule has 2 aliphatic rings. The van der Waals surface area contributed by atoms with Crippen LogP contribution in [0.2, 0.25) is 0 Å². The fraction of sp³-hybridized carbons (Fsp3) is 0.375. The highest BCUT2D eigenvalue weighted by atomic mass is 16.2. The van der Waals surface area contributed by atoms with E-state index in [-0.39, 0.29) is 30.1 Å². The van der Waals surface area contributed by atoms with Crippen LogP contribution in [0.5, 0.6) is 0 Å². The van der Waals surface area contributed by atoms with Gasteiger partial charge in [0.2, 0.25) is 11.8 Å². The van der Waals surface area contributed by atoms with Gasteiger partial charge in [0.15, 0.2) is 0 Å². The molecule has 30 heavy (non-hydrogen) atoms. The maximum absolute atomic E-state index is 13.0. The maximum Gasteiger partial charge on any atom is 0.253 e. The first-order chi connectivity index (χ1) is 14.6. The monoisotopic (exact) mass is 405 g/mol. The van der Waals surface area contributed by atoms with Crippen LogP contribution in [0.15, 0.2) is 60.7 Å². The largest absolute Gasteiger partial charge is 0.342 e. The molecule has 0 spiro atoms. The van der Waals surface area contributed by atoms with E-state index in [9.17, 15) is 14.4 Å². The molecule has 6 nitrogen and oxygen atoms in total. The second-order valence-electron chi connectivity index (χ2n) is 7.96. The number of carbonyl (C=O) groups is 3. The molecule has 156 valence electrons. The molecule has 0 aliphatic carbocycles. The van der Waals surface area contributed by atoms with Crippen molar-refractivity contribution in [2.24, 2.45) is 5.92 Å². The fourth-order valence-corrected chi connectivity index (χ4v) is 4.21.